The molecule has 0 aliphatic carbocycles. The molecule has 0 saturated carbocycles. The average molecular weight is 1190 g/mol. The number of nitrogens with one attached hydrogen (secondary N) is 4. The van der Waals surface area contributed by atoms with Gasteiger partial charge in [0.2, 0.25) is 23.6 Å². The van der Waals surface area contributed by atoms with Crippen molar-refractivity contribution in [2.45, 2.75) is 101 Å². The normalized spacial score (nSPS) is 23.0. The topological polar surface area (TPSA) is 410 Å². The lowest BCUT2D eigenvalue weighted by atomic mass is 9.94. The van der Waals surface area contributed by atoms with Crippen LogP contribution in [-0.2, 0) is 99.8 Å². The van der Waals surface area contributed by atoms with Crippen molar-refractivity contribution in [3.63, 3.8) is 0 Å². The van der Waals surface area contributed by atoms with Crippen LogP contribution in [0.5, 0.6) is 0 Å². The summed E-state index contributed by atoms with van der Waals surface area (Å²) in [4.78, 5) is 74.7. The van der Waals surface area contributed by atoms with Crippen molar-refractivity contribution in [2.75, 3.05) is 185 Å². The highest BCUT2D eigenvalue weighted by Gasteiger charge is 2.47. The lowest BCUT2D eigenvalue weighted by molar-refractivity contribution is -0.268. The van der Waals surface area contributed by atoms with Crippen LogP contribution in [-0.4, -0.2) is 312 Å². The van der Waals surface area contributed by atoms with E-state index in [1.54, 1.807) is 0 Å². The quantitative estimate of drug-likeness (QED) is 0.0254. The van der Waals surface area contributed by atoms with Gasteiger partial charge in [-0.15, -0.1) is 0 Å². The third kappa shape index (κ3) is 35.0. The van der Waals surface area contributed by atoms with E-state index in [0.29, 0.717) is 139 Å². The van der Waals surface area contributed by atoms with Crippen molar-refractivity contribution in [3.05, 3.63) is 0 Å². The van der Waals surface area contributed by atoms with Gasteiger partial charge in [0.05, 0.1) is 178 Å². The Kier molecular flexibility index (Phi) is 43.2. The molecule has 11 atom stereocenters. The lowest BCUT2D eigenvalue weighted by Crippen LogP contribution is -2.68. The molecule has 0 radical (unpaired) electrons. The van der Waals surface area contributed by atoms with Gasteiger partial charge >= 0.3 is 0 Å². The van der Waals surface area contributed by atoms with Gasteiger partial charge in [0, 0.05) is 39.7 Å². The molecule has 0 aromatic carbocycles. The van der Waals surface area contributed by atoms with E-state index in [9.17, 15) is 59.4 Å². The molecule has 82 heavy (non-hydrogen) atoms. The summed E-state index contributed by atoms with van der Waals surface area (Å²) in [6.45, 7) is 10.5. The van der Waals surface area contributed by atoms with Crippen molar-refractivity contribution in [2.24, 2.45) is 5.92 Å². The fraction of sp³-hybridized carbons (Fsp3) is 0.882. The maximum absolute atomic E-state index is 13.5. The molecule has 31 nitrogen and oxygen atoms in total. The Hall–Kier alpha value is -3.62. The number of amides is 4. The van der Waals surface area contributed by atoms with Crippen molar-refractivity contribution in [1.29, 1.82) is 0 Å². The van der Waals surface area contributed by atoms with Crippen LogP contribution in [0.25, 0.3) is 0 Å². The van der Waals surface area contributed by atoms with Crippen LogP contribution in [0.4, 0.5) is 0 Å². The number of ketones is 2. The molecule has 2 saturated heterocycles. The fourth-order valence-corrected chi connectivity index (χ4v) is 7.58. The summed E-state index contributed by atoms with van der Waals surface area (Å²) >= 11 is 0. The zero-order valence-corrected chi connectivity index (χ0v) is 47.5. The van der Waals surface area contributed by atoms with Gasteiger partial charge < -0.3 is 123 Å². The van der Waals surface area contributed by atoms with Gasteiger partial charge in [-0.2, -0.15) is 0 Å². The van der Waals surface area contributed by atoms with Gasteiger partial charge in [0.25, 0.3) is 0 Å². The Labute approximate surface area is 478 Å². The first kappa shape index (κ1) is 74.5. The van der Waals surface area contributed by atoms with E-state index < -0.39 is 129 Å². The molecule has 10 unspecified atom stereocenters. The monoisotopic (exact) mass is 1190 g/mol. The van der Waals surface area contributed by atoms with Gasteiger partial charge in [-0.3, -0.25) is 28.8 Å². The Bertz CT molecular complexity index is 1710. The van der Waals surface area contributed by atoms with E-state index >= 15 is 0 Å². The van der Waals surface area contributed by atoms with Crippen molar-refractivity contribution >= 4 is 35.2 Å². The second kappa shape index (κ2) is 47.6. The predicted molar refractivity (Wildman–Crippen MR) is 281 cm³/mol. The number of rotatable bonds is 52. The Balaban J connectivity index is 1.54. The van der Waals surface area contributed by atoms with Crippen LogP contribution in [0.2, 0.25) is 0 Å². The second-order valence-electron chi connectivity index (χ2n) is 18.5. The number of hydrogen-bond donors (Lipinski definition) is 10. The molecule has 2 aliphatic heterocycles. The summed E-state index contributed by atoms with van der Waals surface area (Å²) in [5.41, 5.74) is 0. The molecule has 0 bridgehead atoms. The van der Waals surface area contributed by atoms with E-state index in [1.807, 2.05) is 0 Å². The van der Waals surface area contributed by atoms with Gasteiger partial charge in [-0.25, -0.2) is 0 Å². The van der Waals surface area contributed by atoms with Crippen LogP contribution in [0.15, 0.2) is 0 Å². The smallest absolute Gasteiger partial charge is 0.224 e. The van der Waals surface area contributed by atoms with E-state index in [-0.39, 0.29) is 38.8 Å². The minimum Gasteiger partial charge on any atom is -0.394 e. The van der Waals surface area contributed by atoms with Crippen molar-refractivity contribution in [3.8, 4) is 0 Å². The molecule has 2 aliphatic rings. The average Bonchev–Trinajstić information content (AvgIpc) is 3.61. The van der Waals surface area contributed by atoms with Crippen molar-refractivity contribution in [1.82, 2.24) is 21.3 Å². The number of carbonyl (C=O) groups excluding carboxylic acids is 6. The summed E-state index contributed by atoms with van der Waals surface area (Å²) in [7, 11) is 0. The third-order valence-corrected chi connectivity index (χ3v) is 11.8. The standard InChI is InChI=1S/C51H92N4O27/c1-35(58)4-6-68-8-10-70-12-14-72-16-18-74-20-22-76-24-26-78-28-29-79-27-25-77-23-21-75-19-17-73-15-13-71-11-9-69-7-5-52-49(67)38(31-42(62)55-50-43(53-36(2)59)47(65)45(63)40(32-56)81-50)30-39(61)34-80-51-44(54-37(3)60)48(66)46(64)41(33-57)82-51/h38,40-41,43-48,50-51,56-57,63-66H,4-34H2,1-3H3,(H,52,67)(H,53,59)(H,54,60)(H,55,62)/t38-,40?,41?,43?,44?,45?,46?,47?,48?,50?,51?/m0/s1. The lowest BCUT2D eigenvalue weighted by Gasteiger charge is -2.42. The molecule has 31 heteroatoms. The number of carbonyl (C=O) groups is 6. The maximum atomic E-state index is 13.5. The molecule has 478 valence electrons. The maximum Gasteiger partial charge on any atom is 0.224 e. The summed E-state index contributed by atoms with van der Waals surface area (Å²) < 4.78 is 82.1. The molecule has 0 aromatic rings. The molecule has 10 N–H and O–H groups in total. The minimum absolute atomic E-state index is 0.0164. The van der Waals surface area contributed by atoms with Crippen LogP contribution in [0.1, 0.15) is 40.0 Å². The number of aliphatic hydroxyl groups excluding tert-OH is 6. The predicted octanol–water partition coefficient (Wildman–Crippen LogP) is -5.73. The summed E-state index contributed by atoms with van der Waals surface area (Å²) in [5.74, 6) is -4.91. The number of ether oxygens (including phenoxy) is 15. The highest BCUT2D eigenvalue weighted by Crippen LogP contribution is 2.24. The van der Waals surface area contributed by atoms with Gasteiger partial charge in [-0.1, -0.05) is 0 Å². The molecular weight excluding hydrogens is 1100 g/mol. The molecule has 0 aromatic heterocycles. The zero-order valence-electron chi connectivity index (χ0n) is 47.5. The van der Waals surface area contributed by atoms with Gasteiger partial charge in [0.15, 0.2) is 18.3 Å². The number of Topliss-reactive ketones (excluding diaryl/α,β-unsaturated/α-hetero) is 2. The Morgan fingerprint density at radius 1 is 0.439 bits per heavy atom. The van der Waals surface area contributed by atoms with E-state index in [0.717, 1.165) is 13.8 Å². The van der Waals surface area contributed by atoms with Crippen LogP contribution in [0.3, 0.4) is 0 Å². The molecule has 2 heterocycles. The Morgan fingerprint density at radius 3 is 1.17 bits per heavy atom. The number of hydrogen-bond acceptors (Lipinski definition) is 27. The van der Waals surface area contributed by atoms with Crippen LogP contribution < -0.4 is 21.3 Å². The highest BCUT2D eigenvalue weighted by atomic mass is 16.7. The molecule has 2 fully saturated rings. The van der Waals surface area contributed by atoms with E-state index in [2.05, 4.69) is 21.3 Å². The SMILES string of the molecule is CC(=O)CCOCCOCCOCCOCCOCCOCCOCCOCCOCCOCCOCCOCCNC(=O)[C@@H](CC(=O)COC1OC(CO)C(O)C(O)C1NC(C)=O)CC(=O)NC1OC(CO)C(O)C(O)C1NC(C)=O. The first-order chi connectivity index (χ1) is 39.6. The molecule has 4 amide bonds. The second-order valence-corrected chi connectivity index (χ2v) is 18.5. The van der Waals surface area contributed by atoms with Gasteiger partial charge in [0.1, 0.15) is 61.1 Å². The number of aliphatic hydroxyl groups is 6. The molecule has 0 spiro atoms. The molecular formula is C51H92N4O27. The van der Waals surface area contributed by atoms with E-state index in [4.69, 9.17) is 71.1 Å². The van der Waals surface area contributed by atoms with Crippen LogP contribution >= 0.6 is 0 Å². The first-order valence-electron chi connectivity index (χ1n) is 27.5. The van der Waals surface area contributed by atoms with Gasteiger partial charge in [-0.05, 0) is 6.92 Å². The van der Waals surface area contributed by atoms with Crippen LogP contribution in [0, 0.1) is 5.92 Å². The summed E-state index contributed by atoms with van der Waals surface area (Å²) in [6.07, 6.45) is -13.1. The van der Waals surface area contributed by atoms with Crippen molar-refractivity contribution < 1.29 is 130 Å². The summed E-state index contributed by atoms with van der Waals surface area (Å²) in [5, 5.41) is 71.0. The highest BCUT2D eigenvalue weighted by molar-refractivity contribution is 5.91. The van der Waals surface area contributed by atoms with E-state index in [1.165, 1.54) is 6.92 Å². The first-order valence-corrected chi connectivity index (χ1v) is 27.5. The zero-order chi connectivity index (χ0) is 60.2. The summed E-state index contributed by atoms with van der Waals surface area (Å²) in [6, 6.07) is -2.72. The Morgan fingerprint density at radius 2 is 0.793 bits per heavy atom. The third-order valence-electron chi connectivity index (χ3n) is 11.8. The largest absolute Gasteiger partial charge is 0.394 e. The minimum atomic E-state index is -1.68. The molecule has 2 rings (SSSR count). The fourth-order valence-electron chi connectivity index (χ4n) is 7.58.